The van der Waals surface area contributed by atoms with Crippen LogP contribution in [0.25, 0.3) is 11.0 Å². The van der Waals surface area contributed by atoms with Gasteiger partial charge in [0.05, 0.1) is 25.4 Å². The lowest BCUT2D eigenvalue weighted by Gasteiger charge is -2.40. The van der Waals surface area contributed by atoms with Crippen LogP contribution >= 0.6 is 0 Å². The third kappa shape index (κ3) is 5.32. The van der Waals surface area contributed by atoms with E-state index in [1.807, 2.05) is 62.4 Å². The molecule has 0 saturated heterocycles. The van der Waals surface area contributed by atoms with Crippen molar-refractivity contribution in [1.29, 1.82) is 0 Å². The van der Waals surface area contributed by atoms with Gasteiger partial charge in [-0.2, -0.15) is 0 Å². The van der Waals surface area contributed by atoms with E-state index in [2.05, 4.69) is 15.6 Å². The first-order valence-corrected chi connectivity index (χ1v) is 12.5. The lowest BCUT2D eigenvalue weighted by Crippen LogP contribution is -2.57. The van der Waals surface area contributed by atoms with Crippen molar-refractivity contribution in [3.8, 4) is 11.5 Å². The molecule has 1 atom stereocenters. The number of hydrogen-bond acceptors (Lipinski definition) is 6. The van der Waals surface area contributed by atoms with Crippen LogP contribution in [0.5, 0.6) is 11.5 Å². The fourth-order valence-electron chi connectivity index (χ4n) is 4.38. The van der Waals surface area contributed by atoms with Crippen LogP contribution in [0.3, 0.4) is 0 Å². The highest BCUT2D eigenvalue weighted by atomic mass is 16.5. The Labute approximate surface area is 222 Å². The second-order valence-electron chi connectivity index (χ2n) is 9.29. The molecule has 1 heterocycles. The molecule has 3 aromatic carbocycles. The van der Waals surface area contributed by atoms with Crippen molar-refractivity contribution in [1.82, 2.24) is 19.9 Å². The van der Waals surface area contributed by atoms with E-state index in [0.29, 0.717) is 29.1 Å². The number of nitrogens with zero attached hydrogens (tertiary/aromatic N) is 4. The first kappa shape index (κ1) is 26.7. The summed E-state index contributed by atoms with van der Waals surface area (Å²) in [6.07, 6.45) is 0.382. The molecule has 0 aliphatic carbocycles. The van der Waals surface area contributed by atoms with E-state index in [0.717, 1.165) is 16.6 Å². The number of hydrogen-bond donors (Lipinski definition) is 1. The summed E-state index contributed by atoms with van der Waals surface area (Å²) in [5.41, 5.74) is 2.76. The summed E-state index contributed by atoms with van der Waals surface area (Å²) in [7, 11) is 3.09. The molecule has 0 spiro atoms. The highest BCUT2D eigenvalue weighted by Gasteiger charge is 2.41. The number of nitrogens with one attached hydrogen (secondary N) is 1. The number of para-hydroxylation sites is 1. The molecule has 0 radical (unpaired) electrons. The predicted octanol–water partition coefficient (Wildman–Crippen LogP) is 4.59. The number of ether oxygens (including phenoxy) is 2. The maximum atomic E-state index is 14.0. The van der Waals surface area contributed by atoms with Gasteiger partial charge in [-0.05, 0) is 55.7 Å². The summed E-state index contributed by atoms with van der Waals surface area (Å²) in [4.78, 5) is 29.5. The molecule has 9 heteroatoms. The van der Waals surface area contributed by atoms with Gasteiger partial charge in [0.2, 0.25) is 11.8 Å². The van der Waals surface area contributed by atoms with Gasteiger partial charge < -0.3 is 19.7 Å². The van der Waals surface area contributed by atoms with Gasteiger partial charge in [0.1, 0.15) is 29.1 Å². The lowest BCUT2D eigenvalue weighted by molar-refractivity contribution is -0.146. The molecule has 0 unspecified atom stereocenters. The second-order valence-corrected chi connectivity index (χ2v) is 9.29. The molecule has 2 amide bonds. The number of benzene rings is 3. The van der Waals surface area contributed by atoms with Gasteiger partial charge in [0.15, 0.2) is 0 Å². The van der Waals surface area contributed by atoms with E-state index >= 15 is 0 Å². The van der Waals surface area contributed by atoms with Crippen molar-refractivity contribution in [3.63, 3.8) is 0 Å². The molecule has 0 aliphatic rings. The maximum absolute atomic E-state index is 14.0. The average Bonchev–Trinajstić information content (AvgIpc) is 3.34. The van der Waals surface area contributed by atoms with Gasteiger partial charge in [-0.15, -0.1) is 5.10 Å². The smallest absolute Gasteiger partial charge is 0.250 e. The van der Waals surface area contributed by atoms with Gasteiger partial charge in [-0.3, -0.25) is 9.59 Å². The first-order valence-electron chi connectivity index (χ1n) is 12.5. The number of aryl methyl sites for hydroxylation is 1. The fourth-order valence-corrected chi connectivity index (χ4v) is 4.38. The molecule has 38 heavy (non-hydrogen) atoms. The van der Waals surface area contributed by atoms with E-state index in [1.165, 1.54) is 7.11 Å². The molecule has 4 rings (SSSR count). The van der Waals surface area contributed by atoms with Gasteiger partial charge in [-0.25, -0.2) is 4.68 Å². The number of rotatable bonds is 10. The topological polar surface area (TPSA) is 98.6 Å². The Morgan fingerprint density at radius 1 is 1.03 bits per heavy atom. The van der Waals surface area contributed by atoms with Crippen LogP contribution in [0, 0.1) is 6.92 Å². The third-order valence-corrected chi connectivity index (χ3v) is 7.03. The van der Waals surface area contributed by atoms with Crippen LogP contribution in [0.4, 0.5) is 5.69 Å². The molecule has 4 aromatic rings. The highest BCUT2D eigenvalue weighted by Crippen LogP contribution is 2.32. The summed E-state index contributed by atoms with van der Waals surface area (Å²) in [6, 6.07) is 20.5. The molecule has 0 saturated carbocycles. The van der Waals surface area contributed by atoms with Crippen molar-refractivity contribution in [2.45, 2.75) is 45.8 Å². The quantitative estimate of drug-likeness (QED) is 0.332. The largest absolute Gasteiger partial charge is 0.497 e. The second kappa shape index (κ2) is 11.3. The van der Waals surface area contributed by atoms with E-state index in [1.54, 1.807) is 41.8 Å². The van der Waals surface area contributed by atoms with Crippen LogP contribution in [0.2, 0.25) is 0 Å². The highest BCUT2D eigenvalue weighted by molar-refractivity contribution is 6.01. The predicted molar refractivity (Wildman–Crippen MR) is 146 cm³/mol. The molecule has 9 nitrogen and oxygen atoms in total. The summed E-state index contributed by atoms with van der Waals surface area (Å²) in [5, 5.41) is 11.3. The van der Waals surface area contributed by atoms with E-state index in [9.17, 15) is 9.59 Å². The number of methoxy groups -OCH3 is 2. The SMILES string of the molecule is CC[C@](C)(C(=O)Nc1ccc(OC)cc1OC)N(Cc1ccccc1C)C(=O)Cn1nnc2ccccc21. The zero-order valence-corrected chi connectivity index (χ0v) is 22.4. The number of amides is 2. The van der Waals surface area contributed by atoms with E-state index < -0.39 is 5.54 Å². The monoisotopic (exact) mass is 515 g/mol. The van der Waals surface area contributed by atoms with Crippen molar-refractivity contribution in [2.24, 2.45) is 0 Å². The Bertz CT molecular complexity index is 1450. The van der Waals surface area contributed by atoms with Crippen LogP contribution in [0.1, 0.15) is 31.4 Å². The van der Waals surface area contributed by atoms with E-state index in [4.69, 9.17) is 9.47 Å². The number of anilines is 1. The summed E-state index contributed by atoms with van der Waals surface area (Å²) >= 11 is 0. The van der Waals surface area contributed by atoms with Crippen LogP contribution in [-0.4, -0.2) is 51.5 Å². The number of fused-ring (bicyclic) bond motifs is 1. The van der Waals surface area contributed by atoms with Gasteiger partial charge >= 0.3 is 0 Å². The van der Waals surface area contributed by atoms with Gasteiger partial charge in [0, 0.05) is 12.6 Å². The Hall–Kier alpha value is -4.40. The van der Waals surface area contributed by atoms with Crippen molar-refractivity contribution >= 4 is 28.5 Å². The minimum atomic E-state index is -1.18. The molecule has 0 bridgehead atoms. The summed E-state index contributed by atoms with van der Waals surface area (Å²) < 4.78 is 12.3. The lowest BCUT2D eigenvalue weighted by atomic mass is 9.93. The van der Waals surface area contributed by atoms with Gasteiger partial charge in [0.25, 0.3) is 0 Å². The minimum absolute atomic E-state index is 0.0544. The third-order valence-electron chi connectivity index (χ3n) is 7.03. The standard InChI is InChI=1S/C29H33N5O4/c1-6-29(3,28(36)30-24-16-15-22(37-4)17-26(24)38-5)33(18-21-12-8-7-11-20(21)2)27(35)19-34-25-14-10-9-13-23(25)31-32-34/h7-17H,6,18-19H2,1-5H3,(H,30,36)/t29-/m1/s1. The maximum Gasteiger partial charge on any atom is 0.250 e. The molecular formula is C29H33N5O4. The Kier molecular flexibility index (Phi) is 7.95. The summed E-state index contributed by atoms with van der Waals surface area (Å²) in [6.45, 7) is 5.88. The Balaban J connectivity index is 1.70. The first-order chi connectivity index (χ1) is 18.3. The molecule has 198 valence electrons. The van der Waals surface area contributed by atoms with Crippen LogP contribution < -0.4 is 14.8 Å². The molecule has 0 fully saturated rings. The average molecular weight is 516 g/mol. The van der Waals surface area contributed by atoms with Crippen LogP contribution in [0.15, 0.2) is 66.7 Å². The molecule has 1 aromatic heterocycles. The van der Waals surface area contributed by atoms with E-state index in [-0.39, 0.29) is 24.9 Å². The zero-order valence-electron chi connectivity index (χ0n) is 22.4. The van der Waals surface area contributed by atoms with Crippen LogP contribution in [-0.2, 0) is 22.7 Å². The van der Waals surface area contributed by atoms with Crippen molar-refractivity contribution in [3.05, 3.63) is 77.9 Å². The van der Waals surface area contributed by atoms with Crippen molar-refractivity contribution < 1.29 is 19.1 Å². The number of carbonyl (C=O) groups excluding carboxylic acids is 2. The number of aromatic nitrogens is 3. The Morgan fingerprint density at radius 2 is 1.76 bits per heavy atom. The molecular weight excluding hydrogens is 482 g/mol. The zero-order chi connectivity index (χ0) is 27.3. The van der Waals surface area contributed by atoms with Gasteiger partial charge in [-0.1, -0.05) is 48.5 Å². The normalized spacial score (nSPS) is 12.6. The Morgan fingerprint density at radius 3 is 2.47 bits per heavy atom. The minimum Gasteiger partial charge on any atom is -0.497 e. The number of carbonyl (C=O) groups is 2. The fraction of sp³-hybridized carbons (Fsp3) is 0.310. The molecule has 1 N–H and O–H groups in total. The molecule has 0 aliphatic heterocycles. The summed E-state index contributed by atoms with van der Waals surface area (Å²) in [5.74, 6) is 0.496. The van der Waals surface area contributed by atoms with Crippen molar-refractivity contribution in [2.75, 3.05) is 19.5 Å².